The molecule has 3 rings (SSSR count). The molecule has 0 spiro atoms. The van der Waals surface area contributed by atoms with Crippen LogP contribution >= 0.6 is 0 Å². The van der Waals surface area contributed by atoms with E-state index < -0.39 is 0 Å². The molecular weight excluding hydrogens is 386 g/mol. The summed E-state index contributed by atoms with van der Waals surface area (Å²) in [5.74, 6) is 2.15. The van der Waals surface area contributed by atoms with E-state index >= 15 is 0 Å². The Hall–Kier alpha value is -3.55. The molecule has 3 aromatic heterocycles. The first-order valence-electron chi connectivity index (χ1n) is 9.54. The number of rotatable bonds is 9. The highest BCUT2D eigenvalue weighted by Crippen LogP contribution is 2.48. The Morgan fingerprint density at radius 1 is 0.833 bits per heavy atom. The molecular formula is C22H25N3O5. The zero-order valence-corrected chi connectivity index (χ0v) is 17.8. The summed E-state index contributed by atoms with van der Waals surface area (Å²) < 4.78 is 28.1. The molecule has 0 saturated heterocycles. The molecule has 3 aromatic rings. The predicted molar refractivity (Wildman–Crippen MR) is 113 cm³/mol. The molecule has 3 heterocycles. The van der Waals surface area contributed by atoms with Crippen molar-refractivity contribution in [1.29, 1.82) is 0 Å². The van der Waals surface area contributed by atoms with Crippen LogP contribution in [0.15, 0.2) is 36.8 Å². The van der Waals surface area contributed by atoms with E-state index in [1.807, 2.05) is 32.0 Å². The summed E-state index contributed by atoms with van der Waals surface area (Å²) in [7, 11) is 4.66. The molecule has 0 saturated carbocycles. The van der Waals surface area contributed by atoms with Crippen LogP contribution in [0.2, 0.25) is 0 Å². The monoisotopic (exact) mass is 411 g/mol. The summed E-state index contributed by atoms with van der Waals surface area (Å²) in [6.07, 6.45) is 5.12. The smallest absolute Gasteiger partial charge is 0.261 e. The summed E-state index contributed by atoms with van der Waals surface area (Å²) in [6.45, 7) is 4.65. The van der Waals surface area contributed by atoms with Gasteiger partial charge in [-0.25, -0.2) is 9.97 Å². The molecule has 0 aliphatic heterocycles. The van der Waals surface area contributed by atoms with E-state index in [1.165, 1.54) is 7.11 Å². The second-order valence-electron chi connectivity index (χ2n) is 6.05. The third kappa shape index (κ3) is 4.07. The lowest BCUT2D eigenvalue weighted by atomic mass is 9.99. The van der Waals surface area contributed by atoms with E-state index in [0.29, 0.717) is 53.5 Å². The molecule has 0 aliphatic rings. The van der Waals surface area contributed by atoms with Gasteiger partial charge in [0.05, 0.1) is 45.8 Å². The lowest BCUT2D eigenvalue weighted by molar-refractivity contribution is 0.275. The van der Waals surface area contributed by atoms with E-state index in [2.05, 4.69) is 9.97 Å². The first kappa shape index (κ1) is 21.2. The standard InChI is InChI=1S/C22H25N3O5/c1-6-29-19-17(14-9-8-10-23-12-14)18(25-22(30-7-2)20(19)27-4)15-11-16(26-3)21(28-5)24-13-15/h8-13H,6-7H2,1-5H3. The topological polar surface area (TPSA) is 84.8 Å². The number of hydrogen-bond acceptors (Lipinski definition) is 8. The van der Waals surface area contributed by atoms with Gasteiger partial charge < -0.3 is 23.7 Å². The number of pyridine rings is 3. The van der Waals surface area contributed by atoms with Crippen LogP contribution < -0.4 is 23.7 Å². The first-order valence-corrected chi connectivity index (χ1v) is 9.54. The molecule has 0 bridgehead atoms. The second kappa shape index (κ2) is 9.78. The number of aromatic nitrogens is 3. The van der Waals surface area contributed by atoms with Crippen LogP contribution in [0.3, 0.4) is 0 Å². The molecule has 0 aromatic carbocycles. The van der Waals surface area contributed by atoms with Crippen LogP contribution in [0.25, 0.3) is 22.4 Å². The second-order valence-corrected chi connectivity index (χ2v) is 6.05. The average Bonchev–Trinajstić information content (AvgIpc) is 2.79. The van der Waals surface area contributed by atoms with Gasteiger partial charge in [0, 0.05) is 29.7 Å². The molecule has 0 aliphatic carbocycles. The number of methoxy groups -OCH3 is 3. The SMILES string of the molecule is CCOc1nc(-c2cnc(OC)c(OC)c2)c(-c2cccnc2)c(OCC)c1OC. The Morgan fingerprint density at radius 3 is 2.23 bits per heavy atom. The highest BCUT2D eigenvalue weighted by atomic mass is 16.5. The van der Waals surface area contributed by atoms with Gasteiger partial charge in [-0.2, -0.15) is 0 Å². The van der Waals surface area contributed by atoms with Crippen molar-refractivity contribution in [2.24, 2.45) is 0 Å². The molecule has 30 heavy (non-hydrogen) atoms. The fourth-order valence-electron chi connectivity index (χ4n) is 3.07. The van der Waals surface area contributed by atoms with Crippen LogP contribution in [0.5, 0.6) is 29.0 Å². The fourth-order valence-corrected chi connectivity index (χ4v) is 3.07. The van der Waals surface area contributed by atoms with Gasteiger partial charge in [-0.05, 0) is 26.0 Å². The quantitative estimate of drug-likeness (QED) is 0.522. The van der Waals surface area contributed by atoms with Crippen molar-refractivity contribution < 1.29 is 23.7 Å². The minimum absolute atomic E-state index is 0.334. The first-order chi connectivity index (χ1) is 14.7. The van der Waals surface area contributed by atoms with Crippen LogP contribution in [-0.2, 0) is 0 Å². The molecule has 0 atom stereocenters. The van der Waals surface area contributed by atoms with E-state index in [4.69, 9.17) is 28.7 Å². The van der Waals surface area contributed by atoms with Crippen molar-refractivity contribution in [3.05, 3.63) is 36.8 Å². The van der Waals surface area contributed by atoms with Crippen molar-refractivity contribution in [2.45, 2.75) is 13.8 Å². The highest BCUT2D eigenvalue weighted by molar-refractivity contribution is 5.88. The molecule has 0 fully saturated rings. The Labute approximate surface area is 175 Å². The Morgan fingerprint density at radius 2 is 1.63 bits per heavy atom. The minimum Gasteiger partial charge on any atom is -0.491 e. The van der Waals surface area contributed by atoms with Crippen molar-refractivity contribution in [3.63, 3.8) is 0 Å². The number of ether oxygens (including phenoxy) is 5. The molecule has 0 amide bonds. The summed E-state index contributed by atoms with van der Waals surface area (Å²) >= 11 is 0. The largest absolute Gasteiger partial charge is 0.491 e. The molecule has 0 unspecified atom stereocenters. The van der Waals surface area contributed by atoms with Crippen molar-refractivity contribution in [2.75, 3.05) is 34.5 Å². The lowest BCUT2D eigenvalue weighted by Crippen LogP contribution is -2.06. The van der Waals surface area contributed by atoms with Gasteiger partial charge in [-0.15, -0.1) is 0 Å². The average molecular weight is 411 g/mol. The number of nitrogens with zero attached hydrogens (tertiary/aromatic N) is 3. The normalized spacial score (nSPS) is 10.4. The highest BCUT2D eigenvalue weighted by Gasteiger charge is 2.26. The van der Waals surface area contributed by atoms with E-state index in [1.54, 1.807) is 32.8 Å². The van der Waals surface area contributed by atoms with Gasteiger partial charge in [-0.1, -0.05) is 6.07 Å². The fraction of sp³-hybridized carbons (Fsp3) is 0.318. The van der Waals surface area contributed by atoms with Crippen LogP contribution in [0.4, 0.5) is 0 Å². The van der Waals surface area contributed by atoms with Crippen molar-refractivity contribution >= 4 is 0 Å². The minimum atomic E-state index is 0.334. The predicted octanol–water partition coefficient (Wildman–Crippen LogP) is 4.03. The summed E-state index contributed by atoms with van der Waals surface area (Å²) in [5.41, 5.74) is 2.85. The van der Waals surface area contributed by atoms with Gasteiger partial charge in [-0.3, -0.25) is 4.98 Å². The summed E-state index contributed by atoms with van der Waals surface area (Å²) in [6, 6.07) is 5.60. The lowest BCUT2D eigenvalue weighted by Gasteiger charge is -2.20. The molecule has 158 valence electrons. The molecule has 0 N–H and O–H groups in total. The van der Waals surface area contributed by atoms with Crippen molar-refractivity contribution in [3.8, 4) is 51.4 Å². The number of hydrogen-bond donors (Lipinski definition) is 0. The van der Waals surface area contributed by atoms with Gasteiger partial charge >= 0.3 is 0 Å². The summed E-state index contributed by atoms with van der Waals surface area (Å²) in [4.78, 5) is 13.4. The van der Waals surface area contributed by atoms with E-state index in [-0.39, 0.29) is 0 Å². The van der Waals surface area contributed by atoms with Gasteiger partial charge in [0.2, 0.25) is 5.75 Å². The molecule has 8 heteroatoms. The maximum atomic E-state index is 6.01. The third-order valence-corrected chi connectivity index (χ3v) is 4.31. The third-order valence-electron chi connectivity index (χ3n) is 4.31. The van der Waals surface area contributed by atoms with Crippen LogP contribution in [0, 0.1) is 0 Å². The zero-order chi connectivity index (χ0) is 21.5. The maximum Gasteiger partial charge on any atom is 0.261 e. The maximum absolute atomic E-state index is 6.01. The Balaban J connectivity index is 2.37. The van der Waals surface area contributed by atoms with Gasteiger partial charge in [0.15, 0.2) is 11.5 Å². The van der Waals surface area contributed by atoms with Crippen LogP contribution in [-0.4, -0.2) is 49.5 Å². The Bertz CT molecular complexity index is 996. The molecule has 8 nitrogen and oxygen atoms in total. The van der Waals surface area contributed by atoms with Crippen LogP contribution in [0.1, 0.15) is 13.8 Å². The van der Waals surface area contributed by atoms with E-state index in [0.717, 1.165) is 11.1 Å². The zero-order valence-electron chi connectivity index (χ0n) is 17.8. The summed E-state index contributed by atoms with van der Waals surface area (Å²) in [5, 5.41) is 0. The van der Waals surface area contributed by atoms with Gasteiger partial charge in [0.1, 0.15) is 0 Å². The molecule has 0 radical (unpaired) electrons. The van der Waals surface area contributed by atoms with Crippen molar-refractivity contribution in [1.82, 2.24) is 15.0 Å². The van der Waals surface area contributed by atoms with Gasteiger partial charge in [0.25, 0.3) is 11.8 Å². The van der Waals surface area contributed by atoms with E-state index in [9.17, 15) is 0 Å². The Kier molecular flexibility index (Phi) is 6.90.